The molecule has 11 aromatic rings. The van der Waals surface area contributed by atoms with E-state index in [0.717, 1.165) is 137 Å². The molecule has 1 unspecified atom stereocenters. The van der Waals surface area contributed by atoms with Crippen LogP contribution >= 0.6 is 114 Å². The molecule has 3 saturated heterocycles. The number of nitrogens with one attached hydrogen (secondary N) is 2. The summed E-state index contributed by atoms with van der Waals surface area (Å²) in [7, 11) is 1.74. The Balaban J connectivity index is 0.000000139. The van der Waals surface area contributed by atoms with Crippen LogP contribution < -0.4 is 29.9 Å². The highest BCUT2D eigenvalue weighted by atomic mass is 35.5. The van der Waals surface area contributed by atoms with Gasteiger partial charge in [-0.2, -0.15) is 0 Å². The number of aryl methyl sites for hydroxylation is 6. The van der Waals surface area contributed by atoms with Crippen LogP contribution in [-0.2, 0) is 33.6 Å². The standard InChI is InChI=1S/C24H29ClN6O4S.C24H29ClN6O3S2.C16H15N3O2S3.C15H17N3O2S2/c2*1-15-26-13-19(35-15)20-23(31-9-7-30(8-10-31)17-5-3-2-4-6-17)36-24(28-20)29-21(33)16-11-18(25)22(27-12-16)34-14-32;1-8(20)4-14-18-11(6-22-14)13(21)5-15-19-12(7-23-15)16-9(2)17-10(3)24-16;1-8-15(22-9(2)16-8)11-7-21-13(17-11)5-12(19)10-4-14(20)18(3)6-10/h2*11-13,17,32H,2-10,14H2,1H3,(H,28,29,33);6-7H,4-5H2,1-3H3;7,10H,4-6H2,1-3H3. The number of piperazine rings is 2. The number of nitrogens with zero attached hydrogens (tertiary/aromatic N) is 16. The summed E-state index contributed by atoms with van der Waals surface area (Å²) in [6, 6.07) is 4.31. The van der Waals surface area contributed by atoms with Crippen LogP contribution in [0.15, 0.2) is 57.5 Å². The summed E-state index contributed by atoms with van der Waals surface area (Å²) in [4.78, 5) is 136. The van der Waals surface area contributed by atoms with Gasteiger partial charge in [0.25, 0.3) is 11.8 Å². The number of ketones is 3. The number of aliphatic hydroxyl groups is 2. The lowest BCUT2D eigenvalue weighted by Crippen LogP contribution is -2.50. The van der Waals surface area contributed by atoms with Crippen molar-refractivity contribution in [2.45, 2.75) is 150 Å². The maximum absolute atomic E-state index is 12.9. The molecule has 3 aliphatic heterocycles. The van der Waals surface area contributed by atoms with E-state index >= 15 is 0 Å². The fourth-order valence-electron chi connectivity index (χ4n) is 14.5. The highest BCUT2D eigenvalue weighted by Crippen LogP contribution is 2.44. The number of likely N-dealkylation sites (tertiary alicyclic amines) is 1. The minimum Gasteiger partial charge on any atom is -0.450 e. The zero-order chi connectivity index (χ0) is 83.3. The molecule has 0 bridgehead atoms. The molecule has 3 amide bonds. The minimum absolute atomic E-state index is 0.0446. The average molecular weight is 1800 g/mol. The summed E-state index contributed by atoms with van der Waals surface area (Å²) in [5.74, 6) is 0.443. The number of amides is 3. The smallest absolute Gasteiger partial charge is 0.259 e. The predicted molar refractivity (Wildman–Crippen MR) is 466 cm³/mol. The van der Waals surface area contributed by atoms with E-state index in [9.17, 15) is 28.8 Å². The maximum Gasteiger partial charge on any atom is 0.259 e. The quantitative estimate of drug-likeness (QED) is 0.0322. The van der Waals surface area contributed by atoms with Crippen molar-refractivity contribution in [3.63, 3.8) is 0 Å². The van der Waals surface area contributed by atoms with Crippen molar-refractivity contribution in [3.05, 3.63) is 127 Å². The van der Waals surface area contributed by atoms with Gasteiger partial charge in [-0.25, -0.2) is 54.8 Å². The summed E-state index contributed by atoms with van der Waals surface area (Å²) in [6.07, 6.45) is 20.7. The summed E-state index contributed by atoms with van der Waals surface area (Å²) >= 11 is 24.3. The number of aromatic nitrogens is 11. The van der Waals surface area contributed by atoms with Crippen molar-refractivity contribution in [2.75, 3.05) is 100.0 Å². The summed E-state index contributed by atoms with van der Waals surface area (Å²) in [5.41, 5.74) is 6.19. The van der Waals surface area contributed by atoms with Crippen molar-refractivity contribution < 1.29 is 52.9 Å². The molecule has 2 saturated carbocycles. The van der Waals surface area contributed by atoms with E-state index in [1.807, 2.05) is 51.6 Å². The number of hydrogen-bond donors (Lipinski definition) is 4. The second-order valence-corrected chi connectivity index (χ2v) is 38.1. The minimum atomic E-state index is -0.557. The molecule has 16 rings (SSSR count). The number of pyridine rings is 2. The Labute approximate surface area is 724 Å². The lowest BCUT2D eigenvalue weighted by atomic mass is 9.94. The van der Waals surface area contributed by atoms with Gasteiger partial charge >= 0.3 is 0 Å². The lowest BCUT2D eigenvalue weighted by molar-refractivity contribution is -0.127. The van der Waals surface area contributed by atoms with Crippen molar-refractivity contribution in [3.8, 4) is 54.9 Å². The van der Waals surface area contributed by atoms with Gasteiger partial charge < -0.3 is 38.8 Å². The summed E-state index contributed by atoms with van der Waals surface area (Å²) in [6.45, 7) is 20.3. The number of anilines is 4. The molecule has 1 atom stereocenters. The Bertz CT molecular complexity index is 5150. The molecule has 39 heteroatoms. The fourth-order valence-corrected chi connectivity index (χ4v) is 22.2. The Morgan fingerprint density at radius 1 is 0.551 bits per heavy atom. The fraction of sp³-hybridized carbons (Fsp3) is 0.456. The van der Waals surface area contributed by atoms with Gasteiger partial charge in [-0.3, -0.25) is 49.2 Å². The zero-order valence-corrected chi connectivity index (χ0v) is 74.4. The van der Waals surface area contributed by atoms with Crippen molar-refractivity contribution >= 4 is 169 Å². The molecule has 5 fully saturated rings. The first-order chi connectivity index (χ1) is 56.9. The molecule has 5 aliphatic rings. The van der Waals surface area contributed by atoms with Crippen LogP contribution in [0.1, 0.15) is 156 Å². The molecule has 4 N–H and O–H groups in total. The van der Waals surface area contributed by atoms with Crippen LogP contribution in [-0.4, -0.2) is 206 Å². The molecule has 14 heterocycles. The number of oxazole rings is 1. The average Bonchev–Trinajstić information content (AvgIpc) is 1.64. The van der Waals surface area contributed by atoms with Crippen LogP contribution in [0.3, 0.4) is 0 Å². The third-order valence-electron chi connectivity index (χ3n) is 20.3. The Kier molecular flexibility index (Phi) is 30.2. The first-order valence-corrected chi connectivity index (χ1v) is 46.1. The van der Waals surface area contributed by atoms with Gasteiger partial charge in [0.15, 0.2) is 41.3 Å². The number of carbonyl (C=O) groups is 6. The normalized spacial score (nSPS) is 16.2. The van der Waals surface area contributed by atoms with Gasteiger partial charge in [0.05, 0.1) is 89.0 Å². The topological polar surface area (TPSA) is 357 Å². The van der Waals surface area contributed by atoms with E-state index in [2.05, 4.69) is 75.1 Å². The van der Waals surface area contributed by atoms with Crippen molar-refractivity contribution in [1.29, 1.82) is 0 Å². The van der Waals surface area contributed by atoms with E-state index in [1.54, 1.807) is 64.5 Å². The molecule has 0 radical (unpaired) electrons. The molecule has 2 aliphatic carbocycles. The number of aliphatic hydroxyl groups excluding tert-OH is 2. The number of hydrogen-bond acceptors (Lipinski definition) is 34. The van der Waals surface area contributed by atoms with E-state index in [-0.39, 0.29) is 80.9 Å². The second-order valence-electron chi connectivity index (χ2n) is 28.9. The molecule has 118 heavy (non-hydrogen) atoms. The number of halogens is 2. The third-order valence-corrected chi connectivity index (χ3v) is 28.6. The highest BCUT2D eigenvalue weighted by Gasteiger charge is 2.35. The number of rotatable bonds is 24. The molecule has 11 aromatic heterocycles. The molecule has 29 nitrogen and oxygen atoms in total. The van der Waals surface area contributed by atoms with Gasteiger partial charge in [0.2, 0.25) is 17.7 Å². The van der Waals surface area contributed by atoms with Gasteiger partial charge in [0.1, 0.15) is 63.7 Å². The highest BCUT2D eigenvalue weighted by molar-refractivity contribution is 7.21. The molecular weight excluding hydrogens is 1700 g/mol. The van der Waals surface area contributed by atoms with Crippen LogP contribution in [0.5, 0.6) is 11.8 Å². The van der Waals surface area contributed by atoms with Gasteiger partial charge in [-0.05, 0) is 79.4 Å². The zero-order valence-electron chi connectivity index (χ0n) is 66.4. The SMILES string of the molecule is CC(=O)Cc1nc(C(=O)Cc2nc(-c3sc(C)nc3C)cs2)cs1.Cc1nc(C)c(-c2csc(CC(=O)C3CC(=O)N(C)C3)n2)s1.Cc1ncc(-c2nc(NC(=O)c3cnc(OCO)c(Cl)c3)sc2N2CCN(C3CCCCC3)CC2)o1.Cc1ncc(-c2nc(NC(=O)c3cnc(OCO)c(Cl)c3)sc2N2CCN(C3CCCCC3)CC2)s1. The molecule has 0 aromatic carbocycles. The largest absolute Gasteiger partial charge is 0.450 e. The Hall–Kier alpha value is -8.41. The molecular formula is C79H90Cl2N18O11S8. The van der Waals surface area contributed by atoms with Crippen LogP contribution in [0.4, 0.5) is 20.3 Å². The lowest BCUT2D eigenvalue weighted by Gasteiger charge is -2.41. The van der Waals surface area contributed by atoms with E-state index < -0.39 is 19.5 Å². The summed E-state index contributed by atoms with van der Waals surface area (Å²) < 4.78 is 15.6. The monoisotopic (exact) mass is 1790 g/mol. The molecule has 0 spiro atoms. The first kappa shape index (κ1) is 87.4. The first-order valence-electron chi connectivity index (χ1n) is 38.7. The maximum atomic E-state index is 12.9. The molecule has 624 valence electrons. The summed E-state index contributed by atoms with van der Waals surface area (Å²) in [5, 5.41) is 37.7. The van der Waals surface area contributed by atoms with E-state index in [0.29, 0.717) is 63.7 Å². The number of carbonyl (C=O) groups excluding carboxylic acids is 6. The van der Waals surface area contributed by atoms with Gasteiger partial charge in [-0.1, -0.05) is 84.4 Å². The Morgan fingerprint density at radius 2 is 1.04 bits per heavy atom. The number of Topliss-reactive ketones (excluding diaryl/α,β-unsaturated/α-hetero) is 3. The number of thiazole rings is 8. The van der Waals surface area contributed by atoms with Crippen LogP contribution in [0, 0.1) is 47.5 Å². The number of ether oxygens (including phenoxy) is 2. The van der Waals surface area contributed by atoms with Crippen LogP contribution in [0.25, 0.3) is 43.2 Å². The predicted octanol–water partition coefficient (Wildman–Crippen LogP) is 15.2. The van der Waals surface area contributed by atoms with E-state index in [4.69, 9.17) is 57.3 Å². The van der Waals surface area contributed by atoms with Crippen molar-refractivity contribution in [2.24, 2.45) is 5.92 Å². The second kappa shape index (κ2) is 40.8. The van der Waals surface area contributed by atoms with Gasteiger partial charge in [0, 0.05) is 132 Å². The van der Waals surface area contributed by atoms with Gasteiger partial charge in [-0.15, -0.1) is 68.0 Å². The van der Waals surface area contributed by atoms with Crippen LogP contribution in [0.2, 0.25) is 10.0 Å². The van der Waals surface area contributed by atoms with E-state index in [1.165, 1.54) is 152 Å². The Morgan fingerprint density at radius 3 is 1.48 bits per heavy atom. The third kappa shape index (κ3) is 22.6. The van der Waals surface area contributed by atoms with Crippen molar-refractivity contribution in [1.82, 2.24) is 69.5 Å².